The predicted molar refractivity (Wildman–Crippen MR) is 88.0 cm³/mol. The highest BCUT2D eigenvalue weighted by Crippen LogP contribution is 2.16. The summed E-state index contributed by atoms with van der Waals surface area (Å²) < 4.78 is 0. The number of carbonyl (C=O) groups is 1. The lowest BCUT2D eigenvalue weighted by Gasteiger charge is -2.24. The summed E-state index contributed by atoms with van der Waals surface area (Å²) in [4.78, 5) is 14.6. The molecule has 0 atom stereocenters. The van der Waals surface area contributed by atoms with E-state index >= 15 is 0 Å². The summed E-state index contributed by atoms with van der Waals surface area (Å²) in [6.07, 6.45) is 3.17. The van der Waals surface area contributed by atoms with E-state index in [1.54, 1.807) is 0 Å². The summed E-state index contributed by atoms with van der Waals surface area (Å²) in [5.74, 6) is 0.0481. The maximum atomic E-state index is 12.2. The molecule has 1 aromatic rings. The Hall–Kier alpha value is -1.55. The van der Waals surface area contributed by atoms with Gasteiger partial charge in [0.2, 0.25) is 0 Å². The van der Waals surface area contributed by atoms with Gasteiger partial charge < -0.3 is 15.5 Å². The molecule has 0 bridgehead atoms. The van der Waals surface area contributed by atoms with Crippen molar-refractivity contribution in [2.45, 2.75) is 39.2 Å². The Morgan fingerprint density at radius 2 is 1.90 bits per heavy atom. The molecule has 116 valence electrons. The summed E-state index contributed by atoms with van der Waals surface area (Å²) in [7, 11) is 0. The minimum atomic E-state index is 0.0481. The zero-order valence-electron chi connectivity index (χ0n) is 13.2. The van der Waals surface area contributed by atoms with E-state index in [0.717, 1.165) is 51.0 Å². The first kappa shape index (κ1) is 15.8. The van der Waals surface area contributed by atoms with Crippen molar-refractivity contribution in [3.8, 4) is 0 Å². The van der Waals surface area contributed by atoms with Crippen LogP contribution in [0.4, 0.5) is 5.69 Å². The first-order chi connectivity index (χ1) is 10.2. The fourth-order valence-corrected chi connectivity index (χ4v) is 2.80. The van der Waals surface area contributed by atoms with Crippen LogP contribution in [0, 0.1) is 0 Å². The van der Waals surface area contributed by atoms with Crippen molar-refractivity contribution in [1.82, 2.24) is 10.6 Å². The van der Waals surface area contributed by atoms with E-state index < -0.39 is 0 Å². The molecule has 21 heavy (non-hydrogen) atoms. The van der Waals surface area contributed by atoms with E-state index in [2.05, 4.69) is 41.5 Å². The number of carbonyl (C=O) groups excluding carboxylic acids is 1. The van der Waals surface area contributed by atoms with Gasteiger partial charge in [0.05, 0.1) is 0 Å². The zero-order valence-corrected chi connectivity index (χ0v) is 13.2. The molecule has 4 heteroatoms. The number of benzene rings is 1. The van der Waals surface area contributed by atoms with Gasteiger partial charge in [-0.15, -0.1) is 0 Å². The maximum absolute atomic E-state index is 12.2. The van der Waals surface area contributed by atoms with Crippen LogP contribution in [0.1, 0.15) is 43.5 Å². The maximum Gasteiger partial charge on any atom is 0.251 e. The molecule has 2 rings (SSSR count). The van der Waals surface area contributed by atoms with Crippen LogP contribution in [-0.2, 0) is 0 Å². The molecule has 1 saturated heterocycles. The normalized spacial score (nSPS) is 15.7. The highest BCUT2D eigenvalue weighted by molar-refractivity contribution is 5.94. The van der Waals surface area contributed by atoms with Crippen molar-refractivity contribution < 1.29 is 4.79 Å². The fraction of sp³-hybridized carbons (Fsp3) is 0.588. The molecule has 0 aliphatic carbocycles. The second-order valence-electron chi connectivity index (χ2n) is 5.62. The third-order valence-electron chi connectivity index (χ3n) is 4.04. The van der Waals surface area contributed by atoms with E-state index in [4.69, 9.17) is 0 Å². The van der Waals surface area contributed by atoms with Crippen molar-refractivity contribution in [3.05, 3.63) is 29.8 Å². The van der Waals surface area contributed by atoms with Crippen LogP contribution in [0.15, 0.2) is 24.3 Å². The number of nitrogens with zero attached hydrogens (tertiary/aromatic N) is 1. The van der Waals surface area contributed by atoms with Gasteiger partial charge in [-0.25, -0.2) is 0 Å². The number of anilines is 1. The minimum absolute atomic E-state index is 0.0481. The van der Waals surface area contributed by atoms with Gasteiger partial charge in [0.15, 0.2) is 0 Å². The third-order valence-corrected chi connectivity index (χ3v) is 4.04. The number of amides is 1. The lowest BCUT2D eigenvalue weighted by Crippen LogP contribution is -2.42. The molecule has 1 amide bonds. The Kier molecular flexibility index (Phi) is 6.05. The van der Waals surface area contributed by atoms with Gasteiger partial charge in [0.1, 0.15) is 0 Å². The molecule has 0 spiro atoms. The van der Waals surface area contributed by atoms with Gasteiger partial charge >= 0.3 is 0 Å². The van der Waals surface area contributed by atoms with E-state index in [-0.39, 0.29) is 5.91 Å². The zero-order chi connectivity index (χ0) is 15.1. The van der Waals surface area contributed by atoms with Crippen LogP contribution in [0.2, 0.25) is 0 Å². The van der Waals surface area contributed by atoms with Gasteiger partial charge in [-0.3, -0.25) is 4.79 Å². The van der Waals surface area contributed by atoms with Gasteiger partial charge in [-0.1, -0.05) is 6.92 Å². The van der Waals surface area contributed by atoms with Crippen LogP contribution in [0.25, 0.3) is 0 Å². The SMILES string of the molecule is CCCN(CC)c1ccc(C(=O)NC2CCNCC2)cc1. The van der Waals surface area contributed by atoms with Gasteiger partial charge in [-0.2, -0.15) is 0 Å². The Labute approximate surface area is 127 Å². The first-order valence-corrected chi connectivity index (χ1v) is 8.11. The van der Waals surface area contributed by atoms with Crippen molar-refractivity contribution in [2.24, 2.45) is 0 Å². The minimum Gasteiger partial charge on any atom is -0.372 e. The monoisotopic (exact) mass is 289 g/mol. The molecule has 0 aromatic heterocycles. The van der Waals surface area contributed by atoms with Crippen molar-refractivity contribution in [3.63, 3.8) is 0 Å². The highest BCUT2D eigenvalue weighted by atomic mass is 16.1. The largest absolute Gasteiger partial charge is 0.372 e. The lowest BCUT2D eigenvalue weighted by atomic mass is 10.1. The van der Waals surface area contributed by atoms with Crippen molar-refractivity contribution >= 4 is 11.6 Å². The Morgan fingerprint density at radius 3 is 2.48 bits per heavy atom. The molecule has 0 radical (unpaired) electrons. The van der Waals surface area contributed by atoms with Gasteiger partial charge in [-0.05, 0) is 63.5 Å². The fourth-order valence-electron chi connectivity index (χ4n) is 2.80. The molecular formula is C17H27N3O. The number of nitrogens with one attached hydrogen (secondary N) is 2. The van der Waals surface area contributed by atoms with Crippen molar-refractivity contribution in [1.29, 1.82) is 0 Å². The van der Waals surface area contributed by atoms with Crippen LogP contribution in [-0.4, -0.2) is 38.1 Å². The summed E-state index contributed by atoms with van der Waals surface area (Å²) in [6, 6.07) is 8.28. The van der Waals surface area contributed by atoms with Gasteiger partial charge in [0, 0.05) is 30.4 Å². The Bertz CT molecular complexity index is 438. The average molecular weight is 289 g/mol. The van der Waals surface area contributed by atoms with E-state index in [9.17, 15) is 4.79 Å². The van der Waals surface area contributed by atoms with Gasteiger partial charge in [0.25, 0.3) is 5.91 Å². The summed E-state index contributed by atoms with van der Waals surface area (Å²) >= 11 is 0. The van der Waals surface area contributed by atoms with E-state index in [1.165, 1.54) is 5.69 Å². The lowest BCUT2D eigenvalue weighted by molar-refractivity contribution is 0.0929. The molecule has 0 saturated carbocycles. The number of hydrogen-bond donors (Lipinski definition) is 2. The summed E-state index contributed by atoms with van der Waals surface area (Å²) in [5, 5.41) is 6.44. The quantitative estimate of drug-likeness (QED) is 0.845. The second-order valence-corrected chi connectivity index (χ2v) is 5.62. The summed E-state index contributed by atoms with van der Waals surface area (Å²) in [6.45, 7) is 8.38. The van der Waals surface area contributed by atoms with Crippen LogP contribution >= 0.6 is 0 Å². The predicted octanol–water partition coefficient (Wildman–Crippen LogP) is 2.40. The molecule has 1 aromatic carbocycles. The van der Waals surface area contributed by atoms with Crippen molar-refractivity contribution in [2.75, 3.05) is 31.1 Å². The first-order valence-electron chi connectivity index (χ1n) is 8.11. The van der Waals surface area contributed by atoms with Crippen LogP contribution in [0.3, 0.4) is 0 Å². The highest BCUT2D eigenvalue weighted by Gasteiger charge is 2.16. The average Bonchev–Trinajstić information content (AvgIpc) is 2.54. The summed E-state index contributed by atoms with van der Waals surface area (Å²) in [5.41, 5.74) is 1.95. The smallest absolute Gasteiger partial charge is 0.251 e. The topological polar surface area (TPSA) is 44.4 Å². The number of piperidine rings is 1. The standard InChI is InChI=1S/C17H27N3O/c1-3-13-20(4-2)16-7-5-14(6-8-16)17(21)19-15-9-11-18-12-10-15/h5-8,15,18H,3-4,9-13H2,1-2H3,(H,19,21). The van der Waals surface area contributed by atoms with Crippen LogP contribution in [0.5, 0.6) is 0 Å². The van der Waals surface area contributed by atoms with E-state index in [1.807, 2.05) is 12.1 Å². The second kappa shape index (κ2) is 8.03. The molecule has 1 fully saturated rings. The molecule has 2 N–H and O–H groups in total. The number of hydrogen-bond acceptors (Lipinski definition) is 3. The molecule has 0 unspecified atom stereocenters. The Morgan fingerprint density at radius 1 is 1.24 bits per heavy atom. The molecule has 1 aliphatic heterocycles. The molecular weight excluding hydrogens is 262 g/mol. The Balaban J connectivity index is 1.95. The van der Waals surface area contributed by atoms with Crippen LogP contribution < -0.4 is 15.5 Å². The van der Waals surface area contributed by atoms with E-state index in [0.29, 0.717) is 6.04 Å². The molecule has 1 aliphatic rings. The molecule has 1 heterocycles. The number of rotatable bonds is 6. The third kappa shape index (κ3) is 4.46. The molecule has 4 nitrogen and oxygen atoms in total.